The fourth-order valence-corrected chi connectivity index (χ4v) is 5.82. The molecule has 0 aliphatic carbocycles. The molecule has 1 unspecified atom stereocenters. The van der Waals surface area contributed by atoms with Crippen LogP contribution in [0.25, 0.3) is 0 Å². The molecule has 0 bridgehead atoms. The van der Waals surface area contributed by atoms with Crippen molar-refractivity contribution in [3.05, 3.63) is 57.3 Å². The van der Waals surface area contributed by atoms with E-state index in [1.807, 2.05) is 30.7 Å². The van der Waals surface area contributed by atoms with Gasteiger partial charge < -0.3 is 25.2 Å². The molecule has 4 N–H and O–H groups in total. The third kappa shape index (κ3) is 3.90. The van der Waals surface area contributed by atoms with E-state index in [9.17, 15) is 20.4 Å². The molecule has 3 heterocycles. The first-order valence-corrected chi connectivity index (χ1v) is 11.4. The first-order valence-electron chi connectivity index (χ1n) is 9.54. The van der Waals surface area contributed by atoms with Crippen molar-refractivity contribution in [2.45, 2.75) is 48.6 Å². The van der Waals surface area contributed by atoms with Crippen LogP contribution < -0.4 is 0 Å². The van der Waals surface area contributed by atoms with E-state index in [0.717, 1.165) is 17.5 Å². The number of thioether (sulfide) groups is 1. The number of aliphatic imine (C=N–C) groups is 1. The van der Waals surface area contributed by atoms with Crippen LogP contribution in [-0.4, -0.2) is 63.5 Å². The summed E-state index contributed by atoms with van der Waals surface area (Å²) < 4.78 is 5.59. The monoisotopic (exact) mass is 435 g/mol. The molecule has 8 heteroatoms. The number of hydrogen-bond donors (Lipinski definition) is 4. The lowest BCUT2D eigenvalue weighted by Crippen LogP contribution is -2.55. The molecule has 156 valence electrons. The first kappa shape index (κ1) is 21.0. The van der Waals surface area contributed by atoms with Gasteiger partial charge in [-0.15, -0.1) is 11.8 Å². The van der Waals surface area contributed by atoms with Gasteiger partial charge in [-0.1, -0.05) is 18.2 Å². The third-order valence-corrected chi connectivity index (χ3v) is 7.71. The van der Waals surface area contributed by atoms with Crippen molar-refractivity contribution in [1.82, 2.24) is 0 Å². The Balaban J connectivity index is 1.64. The van der Waals surface area contributed by atoms with E-state index >= 15 is 0 Å². The van der Waals surface area contributed by atoms with Crippen molar-refractivity contribution in [2.24, 2.45) is 4.99 Å². The second-order valence-electron chi connectivity index (χ2n) is 7.68. The highest BCUT2D eigenvalue weighted by Gasteiger charge is 2.44. The van der Waals surface area contributed by atoms with Crippen LogP contribution in [0.1, 0.15) is 28.4 Å². The number of rotatable bonds is 5. The predicted octanol–water partition coefficient (Wildman–Crippen LogP) is 1.78. The topological polar surface area (TPSA) is 103 Å². The minimum atomic E-state index is -1.38. The molecule has 0 amide bonds. The van der Waals surface area contributed by atoms with Gasteiger partial charge in [-0.25, -0.2) is 0 Å². The highest BCUT2D eigenvalue weighted by atomic mass is 32.2. The van der Waals surface area contributed by atoms with Crippen molar-refractivity contribution in [2.75, 3.05) is 13.2 Å². The molecule has 2 aliphatic rings. The van der Waals surface area contributed by atoms with Gasteiger partial charge in [0.25, 0.3) is 0 Å². The van der Waals surface area contributed by atoms with Gasteiger partial charge in [0, 0.05) is 0 Å². The molecule has 4 rings (SSSR count). The van der Waals surface area contributed by atoms with Gasteiger partial charge >= 0.3 is 0 Å². The molecule has 0 saturated carbocycles. The number of benzene rings is 1. The Hall–Kier alpha value is -1.26. The maximum atomic E-state index is 10.5. The molecule has 2 aliphatic heterocycles. The lowest BCUT2D eigenvalue weighted by molar-refractivity contribution is -0.231. The van der Waals surface area contributed by atoms with Gasteiger partial charge in [-0.05, 0) is 52.4 Å². The van der Waals surface area contributed by atoms with E-state index < -0.39 is 37.1 Å². The lowest BCUT2D eigenvalue weighted by Gasteiger charge is -2.40. The normalized spacial score (nSPS) is 34.6. The Morgan fingerprint density at radius 1 is 1.17 bits per heavy atom. The zero-order chi connectivity index (χ0) is 20.6. The molecule has 6 atom stereocenters. The summed E-state index contributed by atoms with van der Waals surface area (Å²) in [6.07, 6.45) is -4.99. The molecule has 1 fully saturated rings. The number of ether oxygens (including phenoxy) is 1. The second-order valence-corrected chi connectivity index (χ2v) is 9.69. The molecule has 6 nitrogen and oxygen atoms in total. The van der Waals surface area contributed by atoms with E-state index in [4.69, 9.17) is 4.74 Å². The summed E-state index contributed by atoms with van der Waals surface area (Å²) in [5.41, 5.74) is 6.12. The molecule has 2 aromatic rings. The average Bonchev–Trinajstić information content (AvgIpc) is 3.41. The van der Waals surface area contributed by atoms with E-state index in [1.54, 1.807) is 23.1 Å². The molecule has 1 saturated heterocycles. The molecule has 29 heavy (non-hydrogen) atoms. The summed E-state index contributed by atoms with van der Waals surface area (Å²) in [4.78, 5) is 4.47. The number of aliphatic hydroxyl groups excluding tert-OH is 4. The summed E-state index contributed by atoms with van der Waals surface area (Å²) in [7, 11) is 0. The van der Waals surface area contributed by atoms with Crippen LogP contribution in [0.4, 0.5) is 0 Å². The van der Waals surface area contributed by atoms with Crippen LogP contribution in [-0.2, 0) is 15.9 Å². The fourth-order valence-electron chi connectivity index (χ4n) is 3.99. The van der Waals surface area contributed by atoms with Gasteiger partial charge in [-0.3, -0.25) is 4.99 Å². The molecule has 1 aromatic heterocycles. The number of nitrogens with zero attached hydrogens (tertiary/aromatic N) is 1. The average molecular weight is 436 g/mol. The van der Waals surface area contributed by atoms with E-state index in [0.29, 0.717) is 12.1 Å². The summed E-state index contributed by atoms with van der Waals surface area (Å²) in [5.74, 6) is 0. The van der Waals surface area contributed by atoms with Gasteiger partial charge in [0.1, 0.15) is 30.5 Å². The molecule has 1 aromatic carbocycles. The van der Waals surface area contributed by atoms with Crippen molar-refractivity contribution in [3.63, 3.8) is 0 Å². The van der Waals surface area contributed by atoms with Crippen molar-refractivity contribution in [1.29, 1.82) is 0 Å². The van der Waals surface area contributed by atoms with Gasteiger partial charge in [0.15, 0.2) is 0 Å². The Kier molecular flexibility index (Phi) is 6.13. The summed E-state index contributed by atoms with van der Waals surface area (Å²) in [6, 6.07) is 7.98. The van der Waals surface area contributed by atoms with Crippen LogP contribution in [0.5, 0.6) is 0 Å². The van der Waals surface area contributed by atoms with Crippen LogP contribution in [0.2, 0.25) is 0 Å². The third-order valence-electron chi connectivity index (χ3n) is 5.82. The Labute approximate surface area is 177 Å². The van der Waals surface area contributed by atoms with Crippen molar-refractivity contribution in [3.8, 4) is 0 Å². The van der Waals surface area contributed by atoms with E-state index in [2.05, 4.69) is 21.8 Å². The highest BCUT2D eigenvalue weighted by molar-refractivity contribution is 8.13. The van der Waals surface area contributed by atoms with E-state index in [-0.39, 0.29) is 4.75 Å². The van der Waals surface area contributed by atoms with Gasteiger partial charge in [0.05, 0.1) is 23.4 Å². The zero-order valence-corrected chi connectivity index (χ0v) is 17.6. The first-order chi connectivity index (χ1) is 13.9. The number of aryl methyl sites for hydroxylation is 1. The largest absolute Gasteiger partial charge is 0.394 e. The molecule has 0 spiro atoms. The maximum Gasteiger partial charge on any atom is 0.113 e. The Morgan fingerprint density at radius 3 is 2.66 bits per heavy atom. The SMILES string of the molecule is Cc1ccc([C@@H]2O[C@H](CO)[C@@H](O)[C@H](O)[C@H]2O)cc1CC1(c2ccsc2)CN=CS1. The van der Waals surface area contributed by atoms with E-state index in [1.165, 1.54) is 5.56 Å². The molecular formula is C21H25NO5S2. The minimum Gasteiger partial charge on any atom is -0.394 e. The molecular weight excluding hydrogens is 410 g/mol. The summed E-state index contributed by atoms with van der Waals surface area (Å²) in [5, 5.41) is 44.4. The van der Waals surface area contributed by atoms with Crippen LogP contribution in [0, 0.1) is 6.92 Å². The van der Waals surface area contributed by atoms with Crippen LogP contribution in [0.3, 0.4) is 0 Å². The van der Waals surface area contributed by atoms with Crippen molar-refractivity contribution < 1.29 is 25.2 Å². The molecule has 0 radical (unpaired) electrons. The Bertz CT molecular complexity index is 862. The van der Waals surface area contributed by atoms with Crippen LogP contribution in [0.15, 0.2) is 40.0 Å². The smallest absolute Gasteiger partial charge is 0.113 e. The zero-order valence-electron chi connectivity index (χ0n) is 16.0. The maximum absolute atomic E-state index is 10.5. The lowest BCUT2D eigenvalue weighted by atomic mass is 9.86. The summed E-state index contributed by atoms with van der Waals surface area (Å²) >= 11 is 3.40. The van der Waals surface area contributed by atoms with Crippen molar-refractivity contribution >= 4 is 28.6 Å². The minimum absolute atomic E-state index is 0.154. The fraction of sp³-hybridized carbons (Fsp3) is 0.476. The quantitative estimate of drug-likeness (QED) is 0.571. The summed E-state index contributed by atoms with van der Waals surface area (Å²) in [6.45, 7) is 2.32. The highest BCUT2D eigenvalue weighted by Crippen LogP contribution is 2.44. The number of thiophene rings is 1. The van der Waals surface area contributed by atoms with Gasteiger partial charge in [-0.2, -0.15) is 11.3 Å². The number of aliphatic hydroxyl groups is 4. The number of hydrogen-bond acceptors (Lipinski definition) is 8. The Morgan fingerprint density at radius 2 is 2.00 bits per heavy atom. The second kappa shape index (κ2) is 8.47. The standard InChI is InChI=1S/C21H25NO5S2/c1-12-2-3-13(20-19(26)18(25)17(24)16(8-23)27-20)6-14(12)7-21(10-22-11-29-21)15-4-5-28-9-15/h2-6,9,11,16-20,23-26H,7-8,10H2,1H3/t16-,17-,18+,19-,20+,21?/m1/s1. The predicted molar refractivity (Wildman–Crippen MR) is 115 cm³/mol. The van der Waals surface area contributed by atoms with Crippen LogP contribution >= 0.6 is 23.1 Å². The van der Waals surface area contributed by atoms with Gasteiger partial charge in [0.2, 0.25) is 0 Å².